The van der Waals surface area contributed by atoms with Crippen molar-refractivity contribution in [2.75, 3.05) is 105 Å². The molecule has 0 atom stereocenters. The molecular formula is C34H76N6O12Si3. The fraction of sp³-hybridized carbons (Fsp3) is 0.912. The molecule has 18 nitrogen and oxygen atoms in total. The predicted octanol–water partition coefficient (Wildman–Crippen LogP) is 3.91. The predicted molar refractivity (Wildman–Crippen MR) is 218 cm³/mol. The average molecular weight is 845 g/mol. The molecule has 0 aliphatic carbocycles. The highest BCUT2D eigenvalue weighted by atomic mass is 28.4. The van der Waals surface area contributed by atoms with Crippen molar-refractivity contribution in [3.63, 3.8) is 0 Å². The Morgan fingerprint density at radius 3 is 0.873 bits per heavy atom. The third-order valence-corrected chi connectivity index (χ3v) is 17.2. The number of urea groups is 3. The van der Waals surface area contributed by atoms with E-state index in [1.165, 1.54) is 0 Å². The lowest BCUT2D eigenvalue weighted by molar-refractivity contribution is 0.0700. The summed E-state index contributed by atoms with van der Waals surface area (Å²) in [4.78, 5) is 40.1. The standard InChI is InChI=1S/C34H76N6O12Si3/c1-10-44-53(45-11-2,46-12-3)29-19-22-35-32(41)37-25-27-40(34(43)39-24-21-31-55(50-16-7,51-17-8)52-18-9)28-26-38-33(42)36-23-20-30-54(47-13-4,48-14-5)49-15-6/h10-31H2,1-9H3,(H,39,43)(H2,35,37,41)(H2,36,38,42). The zero-order chi connectivity index (χ0) is 41.3. The summed E-state index contributed by atoms with van der Waals surface area (Å²) >= 11 is 0. The van der Waals surface area contributed by atoms with Gasteiger partial charge in [-0.25, -0.2) is 14.4 Å². The molecule has 0 rings (SSSR count). The second-order valence-electron chi connectivity index (χ2n) is 11.8. The quantitative estimate of drug-likeness (QED) is 0.0451. The number of hydrogen-bond acceptors (Lipinski definition) is 12. The first kappa shape index (κ1) is 53.1. The van der Waals surface area contributed by atoms with Gasteiger partial charge in [0.25, 0.3) is 0 Å². The largest absolute Gasteiger partial charge is 0.500 e. The second-order valence-corrected chi connectivity index (χ2v) is 20.0. The van der Waals surface area contributed by atoms with Gasteiger partial charge in [0, 0.05) is 123 Å². The number of carbonyl (C=O) groups excluding carboxylic acids is 3. The average Bonchev–Trinajstić information content (AvgIpc) is 3.14. The number of amides is 6. The van der Waals surface area contributed by atoms with E-state index in [0.717, 1.165) is 0 Å². The van der Waals surface area contributed by atoms with Crippen molar-refractivity contribution >= 4 is 44.5 Å². The normalized spacial score (nSPS) is 12.0. The van der Waals surface area contributed by atoms with Gasteiger partial charge in [0.1, 0.15) is 0 Å². The molecule has 0 aromatic carbocycles. The molecule has 0 radical (unpaired) electrons. The summed E-state index contributed by atoms with van der Waals surface area (Å²) in [6.07, 6.45) is 1.83. The lowest BCUT2D eigenvalue weighted by Crippen LogP contribution is -2.50. The summed E-state index contributed by atoms with van der Waals surface area (Å²) < 4.78 is 53.1. The molecule has 0 saturated carbocycles. The van der Waals surface area contributed by atoms with Gasteiger partial charge in [0.05, 0.1) is 0 Å². The monoisotopic (exact) mass is 844 g/mol. The first-order valence-electron chi connectivity index (χ1n) is 20.3. The van der Waals surface area contributed by atoms with Gasteiger partial charge in [-0.3, -0.25) is 0 Å². The number of rotatable bonds is 36. The van der Waals surface area contributed by atoms with Crippen molar-refractivity contribution in [1.29, 1.82) is 0 Å². The number of nitrogens with zero attached hydrogens (tertiary/aromatic N) is 1. The van der Waals surface area contributed by atoms with Crippen molar-refractivity contribution in [2.45, 2.75) is 99.7 Å². The van der Waals surface area contributed by atoms with Gasteiger partial charge in [-0.05, 0) is 81.6 Å². The lowest BCUT2D eigenvalue weighted by Gasteiger charge is -2.29. The van der Waals surface area contributed by atoms with E-state index < -0.39 is 26.4 Å². The third-order valence-electron chi connectivity index (χ3n) is 7.73. The summed E-state index contributed by atoms with van der Waals surface area (Å²) in [6, 6.07) is 0.674. The van der Waals surface area contributed by atoms with Gasteiger partial charge >= 0.3 is 44.5 Å². The minimum absolute atomic E-state index is 0.196. The van der Waals surface area contributed by atoms with Crippen molar-refractivity contribution < 1.29 is 54.2 Å². The number of nitrogens with one attached hydrogen (secondary N) is 5. The minimum atomic E-state index is -2.85. The zero-order valence-corrected chi connectivity index (χ0v) is 38.4. The van der Waals surface area contributed by atoms with Crippen LogP contribution in [-0.4, -0.2) is 155 Å². The molecule has 5 N–H and O–H groups in total. The van der Waals surface area contributed by atoms with Gasteiger partial charge in [0.2, 0.25) is 0 Å². The van der Waals surface area contributed by atoms with Crippen LogP contribution in [0.25, 0.3) is 0 Å². The number of carbonyl (C=O) groups is 3. The van der Waals surface area contributed by atoms with E-state index in [1.807, 2.05) is 62.3 Å². The molecule has 0 aliphatic rings. The van der Waals surface area contributed by atoms with E-state index in [2.05, 4.69) is 26.6 Å². The maximum absolute atomic E-state index is 13.3. The highest BCUT2D eigenvalue weighted by Crippen LogP contribution is 2.20. The summed E-state index contributed by atoms with van der Waals surface area (Å²) in [5, 5.41) is 14.3. The fourth-order valence-corrected chi connectivity index (χ4v) is 13.5. The minimum Gasteiger partial charge on any atom is -0.374 e. The Morgan fingerprint density at radius 1 is 0.382 bits per heavy atom. The maximum Gasteiger partial charge on any atom is 0.500 e. The Bertz CT molecular complexity index is 895. The molecule has 21 heteroatoms. The Morgan fingerprint density at radius 2 is 0.618 bits per heavy atom. The van der Waals surface area contributed by atoms with Crippen LogP contribution < -0.4 is 26.6 Å². The van der Waals surface area contributed by atoms with E-state index in [1.54, 1.807) is 4.90 Å². The van der Waals surface area contributed by atoms with Gasteiger partial charge in [-0.15, -0.1) is 0 Å². The van der Waals surface area contributed by atoms with E-state index in [-0.39, 0.29) is 44.3 Å². The maximum atomic E-state index is 13.3. The van der Waals surface area contributed by atoms with Gasteiger partial charge in [-0.1, -0.05) is 0 Å². The van der Waals surface area contributed by atoms with Crippen LogP contribution in [0.15, 0.2) is 0 Å². The van der Waals surface area contributed by atoms with Crippen LogP contribution in [-0.2, 0) is 39.8 Å². The van der Waals surface area contributed by atoms with E-state index in [0.29, 0.717) is 116 Å². The molecule has 55 heavy (non-hydrogen) atoms. The van der Waals surface area contributed by atoms with Crippen LogP contribution >= 0.6 is 0 Å². The third kappa shape index (κ3) is 23.8. The molecule has 0 bridgehead atoms. The van der Waals surface area contributed by atoms with Crippen molar-refractivity contribution in [2.24, 2.45) is 0 Å². The molecule has 0 saturated heterocycles. The van der Waals surface area contributed by atoms with Crippen LogP contribution in [0.3, 0.4) is 0 Å². The smallest absolute Gasteiger partial charge is 0.374 e. The van der Waals surface area contributed by atoms with Crippen LogP contribution in [0.1, 0.15) is 81.6 Å². The summed E-state index contributed by atoms with van der Waals surface area (Å²) in [6.45, 7) is 23.5. The first-order valence-corrected chi connectivity index (χ1v) is 26.1. The molecule has 0 aromatic rings. The summed E-state index contributed by atoms with van der Waals surface area (Å²) in [5.41, 5.74) is 0. The molecule has 0 fully saturated rings. The van der Waals surface area contributed by atoms with Crippen LogP contribution in [0.2, 0.25) is 18.1 Å². The van der Waals surface area contributed by atoms with E-state index in [4.69, 9.17) is 39.8 Å². The Balaban J connectivity index is 5.20. The van der Waals surface area contributed by atoms with E-state index >= 15 is 0 Å². The van der Waals surface area contributed by atoms with Crippen molar-refractivity contribution in [3.8, 4) is 0 Å². The molecule has 0 spiro atoms. The highest BCUT2D eigenvalue weighted by Gasteiger charge is 2.41. The molecule has 6 amide bonds. The number of hydrogen-bond donors (Lipinski definition) is 5. The van der Waals surface area contributed by atoms with Gasteiger partial charge < -0.3 is 71.3 Å². The fourth-order valence-electron chi connectivity index (χ4n) is 5.68. The molecular weight excluding hydrogens is 769 g/mol. The second kappa shape index (κ2) is 33.1. The molecule has 0 heterocycles. The van der Waals surface area contributed by atoms with Crippen LogP contribution in [0.5, 0.6) is 0 Å². The topological polar surface area (TPSA) is 198 Å². The SMILES string of the molecule is CCO[Si](CCCNC(=O)NCCN(CCNC(=O)NCCC[Si](OCC)(OCC)OCC)C(=O)NCCC[Si](OCC)(OCC)OCC)(OCC)OCC. The first-order chi connectivity index (χ1) is 26.5. The Labute approximate surface area is 334 Å². The van der Waals surface area contributed by atoms with Crippen LogP contribution in [0.4, 0.5) is 14.4 Å². The summed E-state index contributed by atoms with van der Waals surface area (Å²) in [7, 11) is -8.44. The van der Waals surface area contributed by atoms with Crippen molar-refractivity contribution in [3.05, 3.63) is 0 Å². The lowest BCUT2D eigenvalue weighted by atomic mass is 10.4. The molecule has 0 unspecified atom stereocenters. The van der Waals surface area contributed by atoms with Crippen molar-refractivity contribution in [1.82, 2.24) is 31.5 Å². The summed E-state index contributed by atoms with van der Waals surface area (Å²) in [5.74, 6) is 0. The molecule has 0 aromatic heterocycles. The van der Waals surface area contributed by atoms with E-state index in [9.17, 15) is 14.4 Å². The van der Waals surface area contributed by atoms with Gasteiger partial charge in [-0.2, -0.15) is 0 Å². The zero-order valence-electron chi connectivity index (χ0n) is 35.4. The van der Waals surface area contributed by atoms with Crippen LogP contribution in [0, 0.1) is 0 Å². The highest BCUT2D eigenvalue weighted by molar-refractivity contribution is 6.61. The molecule has 326 valence electrons. The Kier molecular flexibility index (Phi) is 32.0. The molecule has 0 aliphatic heterocycles. The Hall–Kier alpha value is -1.90. The van der Waals surface area contributed by atoms with Gasteiger partial charge in [0.15, 0.2) is 0 Å².